The molecule has 2 rings (SSSR count). The molecule has 0 amide bonds. The van der Waals surface area contributed by atoms with Crippen molar-refractivity contribution < 1.29 is 4.74 Å². The van der Waals surface area contributed by atoms with Gasteiger partial charge in [0, 0.05) is 39.7 Å². The summed E-state index contributed by atoms with van der Waals surface area (Å²) in [5.74, 6) is 1.49. The summed E-state index contributed by atoms with van der Waals surface area (Å²) < 4.78 is 6.07. The molecular formula is C18H32IN3OS. The van der Waals surface area contributed by atoms with Crippen LogP contribution in [0.4, 0.5) is 0 Å². The first-order chi connectivity index (χ1) is 10.9. The number of hydrogen-bond donors (Lipinski definition) is 1. The molecule has 1 aromatic rings. The van der Waals surface area contributed by atoms with Crippen LogP contribution in [0.15, 0.2) is 21.8 Å². The summed E-state index contributed by atoms with van der Waals surface area (Å²) in [6.45, 7) is 9.51. The smallest absolute Gasteiger partial charge is 0.193 e. The van der Waals surface area contributed by atoms with Gasteiger partial charge in [-0.2, -0.15) is 11.3 Å². The van der Waals surface area contributed by atoms with Crippen LogP contribution in [0.1, 0.15) is 39.2 Å². The quantitative estimate of drug-likeness (QED) is 0.411. The zero-order chi connectivity index (χ0) is 16.9. The Hall–Kier alpha value is -0.340. The van der Waals surface area contributed by atoms with Gasteiger partial charge in [0.1, 0.15) is 0 Å². The molecular weight excluding hydrogens is 433 g/mol. The highest BCUT2D eigenvalue weighted by Crippen LogP contribution is 2.33. The molecule has 1 N–H and O–H groups in total. The molecule has 2 unspecified atom stereocenters. The summed E-state index contributed by atoms with van der Waals surface area (Å²) in [5, 5.41) is 7.86. The summed E-state index contributed by atoms with van der Waals surface area (Å²) in [7, 11) is 3.94. The van der Waals surface area contributed by atoms with Crippen molar-refractivity contribution in [2.75, 3.05) is 27.2 Å². The van der Waals surface area contributed by atoms with Gasteiger partial charge in [0.05, 0.1) is 6.10 Å². The Labute approximate surface area is 168 Å². The minimum atomic E-state index is 0. The van der Waals surface area contributed by atoms with E-state index in [2.05, 4.69) is 59.9 Å². The number of hydrogen-bond acceptors (Lipinski definition) is 3. The van der Waals surface area contributed by atoms with Crippen molar-refractivity contribution in [3.63, 3.8) is 0 Å². The molecule has 138 valence electrons. The fraction of sp³-hybridized carbons (Fsp3) is 0.722. The number of halogens is 1. The Morgan fingerprint density at radius 1 is 1.46 bits per heavy atom. The lowest BCUT2D eigenvalue weighted by molar-refractivity contribution is -0.0836. The second kappa shape index (κ2) is 9.97. The number of nitrogens with zero attached hydrogens (tertiary/aromatic N) is 2. The standard InChI is InChI=1S/C18H31N3OS.HI/c1-18(2,3)16-15(7-6-9-22-16)11-20-17(19-4)21(5)12-14-8-10-23-13-14;/h8,10,13,15-16H,6-7,9,11-12H2,1-5H3,(H,19,20);1H. The van der Waals surface area contributed by atoms with Crippen LogP contribution in [0.25, 0.3) is 0 Å². The van der Waals surface area contributed by atoms with Crippen LogP contribution in [0, 0.1) is 11.3 Å². The zero-order valence-corrected chi connectivity index (χ0v) is 18.7. The number of nitrogens with one attached hydrogen (secondary N) is 1. The van der Waals surface area contributed by atoms with Gasteiger partial charge in [0.25, 0.3) is 0 Å². The van der Waals surface area contributed by atoms with Crippen LogP contribution in [-0.2, 0) is 11.3 Å². The maximum absolute atomic E-state index is 6.07. The van der Waals surface area contributed by atoms with Gasteiger partial charge in [-0.05, 0) is 40.6 Å². The summed E-state index contributed by atoms with van der Waals surface area (Å²) in [5.41, 5.74) is 1.51. The topological polar surface area (TPSA) is 36.9 Å². The van der Waals surface area contributed by atoms with E-state index in [0.717, 1.165) is 32.1 Å². The van der Waals surface area contributed by atoms with E-state index in [1.165, 1.54) is 12.0 Å². The first-order valence-corrected chi connectivity index (χ1v) is 9.40. The molecule has 6 heteroatoms. The van der Waals surface area contributed by atoms with E-state index in [1.54, 1.807) is 11.3 Å². The molecule has 2 heterocycles. The van der Waals surface area contributed by atoms with Gasteiger partial charge in [-0.15, -0.1) is 24.0 Å². The second-order valence-electron chi connectivity index (χ2n) is 7.48. The van der Waals surface area contributed by atoms with E-state index < -0.39 is 0 Å². The third-order valence-corrected chi connectivity index (χ3v) is 5.13. The zero-order valence-electron chi connectivity index (χ0n) is 15.5. The van der Waals surface area contributed by atoms with Crippen LogP contribution in [0.5, 0.6) is 0 Å². The number of guanidine groups is 1. The molecule has 1 aliphatic rings. The van der Waals surface area contributed by atoms with Crippen molar-refractivity contribution >= 4 is 41.3 Å². The van der Waals surface area contributed by atoms with E-state index in [9.17, 15) is 0 Å². The molecule has 0 aliphatic carbocycles. The van der Waals surface area contributed by atoms with Crippen molar-refractivity contribution in [1.29, 1.82) is 0 Å². The highest BCUT2D eigenvalue weighted by molar-refractivity contribution is 14.0. The molecule has 0 radical (unpaired) electrons. The van der Waals surface area contributed by atoms with Crippen molar-refractivity contribution in [3.05, 3.63) is 22.4 Å². The molecule has 4 nitrogen and oxygen atoms in total. The van der Waals surface area contributed by atoms with Crippen molar-refractivity contribution in [3.8, 4) is 0 Å². The Morgan fingerprint density at radius 3 is 2.79 bits per heavy atom. The van der Waals surface area contributed by atoms with E-state index in [-0.39, 0.29) is 29.4 Å². The normalized spacial score (nSPS) is 22.0. The fourth-order valence-corrected chi connectivity index (χ4v) is 4.01. The lowest BCUT2D eigenvalue weighted by Gasteiger charge is -2.40. The number of rotatable bonds is 4. The van der Waals surface area contributed by atoms with Gasteiger partial charge in [0.2, 0.25) is 0 Å². The monoisotopic (exact) mass is 465 g/mol. The minimum absolute atomic E-state index is 0. The van der Waals surface area contributed by atoms with Gasteiger partial charge >= 0.3 is 0 Å². The first-order valence-electron chi connectivity index (χ1n) is 8.46. The number of thiophene rings is 1. The molecule has 1 aromatic heterocycles. The summed E-state index contributed by atoms with van der Waals surface area (Å²) in [4.78, 5) is 6.61. The number of ether oxygens (including phenoxy) is 1. The number of aliphatic imine (C=N–C) groups is 1. The Bertz CT molecular complexity index is 499. The third kappa shape index (κ3) is 6.19. The summed E-state index contributed by atoms with van der Waals surface area (Å²) >= 11 is 1.74. The largest absolute Gasteiger partial charge is 0.377 e. The lowest BCUT2D eigenvalue weighted by atomic mass is 9.78. The first kappa shape index (κ1) is 21.7. The molecule has 24 heavy (non-hydrogen) atoms. The third-order valence-electron chi connectivity index (χ3n) is 4.39. The van der Waals surface area contributed by atoms with Gasteiger partial charge in [0.15, 0.2) is 5.96 Å². The molecule has 0 saturated carbocycles. The summed E-state index contributed by atoms with van der Waals surface area (Å²) in [6.07, 6.45) is 2.69. The Kier molecular flexibility index (Phi) is 9.01. The second-order valence-corrected chi connectivity index (χ2v) is 8.26. The highest BCUT2D eigenvalue weighted by atomic mass is 127. The predicted octanol–water partition coefficient (Wildman–Crippen LogP) is 4.21. The van der Waals surface area contributed by atoms with Gasteiger partial charge in [-0.25, -0.2) is 0 Å². The molecule has 1 fully saturated rings. The molecule has 1 aliphatic heterocycles. The van der Waals surface area contributed by atoms with Crippen LogP contribution >= 0.6 is 35.3 Å². The van der Waals surface area contributed by atoms with E-state index >= 15 is 0 Å². The maximum Gasteiger partial charge on any atom is 0.193 e. The lowest BCUT2D eigenvalue weighted by Crippen LogP contribution is -2.47. The van der Waals surface area contributed by atoms with Crippen LogP contribution in [0.2, 0.25) is 0 Å². The highest BCUT2D eigenvalue weighted by Gasteiger charge is 2.35. The molecule has 0 aromatic carbocycles. The molecule has 2 atom stereocenters. The van der Waals surface area contributed by atoms with Gasteiger partial charge in [-0.3, -0.25) is 4.99 Å². The van der Waals surface area contributed by atoms with Crippen molar-refractivity contribution in [1.82, 2.24) is 10.2 Å². The maximum atomic E-state index is 6.07. The SMILES string of the molecule is CN=C(NCC1CCCOC1C(C)(C)C)N(C)Cc1ccsc1.I. The molecule has 0 spiro atoms. The predicted molar refractivity (Wildman–Crippen MR) is 114 cm³/mol. The fourth-order valence-electron chi connectivity index (χ4n) is 3.35. The van der Waals surface area contributed by atoms with Crippen LogP contribution in [-0.4, -0.2) is 44.2 Å². The van der Waals surface area contributed by atoms with Crippen LogP contribution in [0.3, 0.4) is 0 Å². The van der Waals surface area contributed by atoms with E-state index in [4.69, 9.17) is 4.74 Å². The van der Waals surface area contributed by atoms with Gasteiger partial charge in [-0.1, -0.05) is 20.8 Å². The molecule has 0 bridgehead atoms. The average molecular weight is 465 g/mol. The Balaban J connectivity index is 0.00000288. The van der Waals surface area contributed by atoms with Crippen molar-refractivity contribution in [2.45, 2.75) is 46.3 Å². The van der Waals surface area contributed by atoms with Crippen LogP contribution < -0.4 is 5.32 Å². The molecule has 1 saturated heterocycles. The van der Waals surface area contributed by atoms with Crippen molar-refractivity contribution in [2.24, 2.45) is 16.3 Å². The summed E-state index contributed by atoms with van der Waals surface area (Å²) in [6, 6.07) is 2.17. The minimum Gasteiger partial charge on any atom is -0.377 e. The average Bonchev–Trinajstić information content (AvgIpc) is 3.00. The van der Waals surface area contributed by atoms with Gasteiger partial charge < -0.3 is 15.0 Å². The van der Waals surface area contributed by atoms with E-state index in [1.807, 2.05) is 7.05 Å². The Morgan fingerprint density at radius 2 is 2.21 bits per heavy atom. The van der Waals surface area contributed by atoms with E-state index in [0.29, 0.717) is 12.0 Å².